The van der Waals surface area contributed by atoms with Crippen LogP contribution in [0.25, 0.3) is 0 Å². The molecule has 0 aliphatic carbocycles. The Morgan fingerprint density at radius 1 is 1.38 bits per heavy atom. The molecule has 3 heteroatoms. The van der Waals surface area contributed by atoms with Crippen LogP contribution in [0.5, 0.6) is 0 Å². The van der Waals surface area contributed by atoms with Gasteiger partial charge in [-0.1, -0.05) is 13.3 Å². The van der Waals surface area contributed by atoms with E-state index in [2.05, 4.69) is 23.6 Å². The minimum atomic E-state index is 0.667. The summed E-state index contributed by atoms with van der Waals surface area (Å²) in [5.41, 5.74) is 6.05. The monoisotopic (exact) mass is 242 g/mol. The first kappa shape index (κ1) is 12.7. The van der Waals surface area contributed by atoms with Gasteiger partial charge in [-0.2, -0.15) is 11.8 Å². The van der Waals surface area contributed by atoms with E-state index < -0.39 is 0 Å². The molecule has 3 unspecified atom stereocenters. The molecule has 2 rings (SSSR count). The van der Waals surface area contributed by atoms with Crippen LogP contribution in [-0.2, 0) is 0 Å². The lowest BCUT2D eigenvalue weighted by atomic mass is 9.91. The summed E-state index contributed by atoms with van der Waals surface area (Å²) in [6, 6.07) is 1.48. The number of thioether (sulfide) groups is 1. The van der Waals surface area contributed by atoms with Crippen molar-refractivity contribution in [2.45, 2.75) is 51.1 Å². The molecule has 0 aromatic heterocycles. The van der Waals surface area contributed by atoms with Crippen molar-refractivity contribution in [1.82, 2.24) is 4.90 Å². The molecule has 2 aliphatic rings. The van der Waals surface area contributed by atoms with Crippen molar-refractivity contribution in [1.29, 1.82) is 0 Å². The molecular formula is C13H26N2S. The highest BCUT2D eigenvalue weighted by Crippen LogP contribution is 2.32. The smallest absolute Gasteiger partial charge is 0.0257 e. The number of likely N-dealkylation sites (tertiary alicyclic amines) is 1. The number of nitrogens with two attached hydrogens (primary N) is 1. The zero-order valence-corrected chi connectivity index (χ0v) is 11.3. The van der Waals surface area contributed by atoms with Gasteiger partial charge in [0.05, 0.1) is 0 Å². The van der Waals surface area contributed by atoms with E-state index in [1.54, 1.807) is 0 Å². The lowest BCUT2D eigenvalue weighted by molar-refractivity contribution is 0.0686. The van der Waals surface area contributed by atoms with E-state index in [9.17, 15) is 0 Å². The summed E-state index contributed by atoms with van der Waals surface area (Å²) in [4.78, 5) is 2.75. The van der Waals surface area contributed by atoms with Gasteiger partial charge in [0.2, 0.25) is 0 Å². The van der Waals surface area contributed by atoms with Gasteiger partial charge in [0.1, 0.15) is 0 Å². The van der Waals surface area contributed by atoms with Crippen LogP contribution >= 0.6 is 11.8 Å². The molecule has 0 spiro atoms. The van der Waals surface area contributed by atoms with Gasteiger partial charge in [-0.3, -0.25) is 4.90 Å². The first-order valence-corrected chi connectivity index (χ1v) is 8.05. The summed E-state index contributed by atoms with van der Waals surface area (Å²) in [6.07, 6.45) is 6.89. The summed E-state index contributed by atoms with van der Waals surface area (Å²) < 4.78 is 0. The average molecular weight is 242 g/mol. The fourth-order valence-corrected chi connectivity index (χ4v) is 4.68. The lowest BCUT2D eigenvalue weighted by Crippen LogP contribution is -2.52. The number of piperidine rings is 1. The SMILES string of the molecule is CCC1CCCCN1C(CN)C1CCSC1. The number of nitrogens with zero attached hydrogens (tertiary/aromatic N) is 1. The highest BCUT2D eigenvalue weighted by atomic mass is 32.2. The van der Waals surface area contributed by atoms with Crippen molar-refractivity contribution in [3.63, 3.8) is 0 Å². The number of rotatable bonds is 4. The molecule has 0 aromatic carbocycles. The van der Waals surface area contributed by atoms with Crippen LogP contribution in [0.4, 0.5) is 0 Å². The van der Waals surface area contributed by atoms with Gasteiger partial charge in [0.15, 0.2) is 0 Å². The van der Waals surface area contributed by atoms with E-state index in [1.807, 2.05) is 0 Å². The van der Waals surface area contributed by atoms with Crippen molar-refractivity contribution in [3.05, 3.63) is 0 Å². The van der Waals surface area contributed by atoms with Gasteiger partial charge in [0, 0.05) is 18.6 Å². The van der Waals surface area contributed by atoms with Crippen LogP contribution in [-0.4, -0.2) is 41.6 Å². The Labute approximate surface area is 104 Å². The summed E-state index contributed by atoms with van der Waals surface area (Å²) in [6.45, 7) is 4.49. The molecule has 0 amide bonds. The van der Waals surface area contributed by atoms with E-state index in [4.69, 9.17) is 5.73 Å². The van der Waals surface area contributed by atoms with Crippen LogP contribution in [0.1, 0.15) is 39.0 Å². The number of hydrogen-bond donors (Lipinski definition) is 1. The highest BCUT2D eigenvalue weighted by Gasteiger charge is 2.33. The molecule has 0 bridgehead atoms. The van der Waals surface area contributed by atoms with Gasteiger partial charge < -0.3 is 5.73 Å². The molecule has 0 saturated carbocycles. The van der Waals surface area contributed by atoms with Crippen molar-refractivity contribution < 1.29 is 0 Å². The van der Waals surface area contributed by atoms with Crippen LogP contribution in [0.2, 0.25) is 0 Å². The summed E-state index contributed by atoms with van der Waals surface area (Å²) in [5, 5.41) is 0. The maximum atomic E-state index is 6.05. The van der Waals surface area contributed by atoms with Gasteiger partial charge in [-0.25, -0.2) is 0 Å². The quantitative estimate of drug-likeness (QED) is 0.820. The van der Waals surface area contributed by atoms with E-state index >= 15 is 0 Å². The van der Waals surface area contributed by atoms with E-state index in [-0.39, 0.29) is 0 Å². The third kappa shape index (κ3) is 2.74. The van der Waals surface area contributed by atoms with E-state index in [1.165, 1.54) is 50.2 Å². The average Bonchev–Trinajstić information content (AvgIpc) is 2.84. The molecule has 2 N–H and O–H groups in total. The minimum absolute atomic E-state index is 0.667. The molecule has 94 valence electrons. The largest absolute Gasteiger partial charge is 0.329 e. The highest BCUT2D eigenvalue weighted by molar-refractivity contribution is 7.99. The molecule has 2 aliphatic heterocycles. The van der Waals surface area contributed by atoms with Crippen LogP contribution in [0, 0.1) is 5.92 Å². The Kier molecular flexibility index (Phi) is 4.98. The molecule has 0 radical (unpaired) electrons. The van der Waals surface area contributed by atoms with Crippen molar-refractivity contribution in [2.24, 2.45) is 11.7 Å². The molecule has 2 heterocycles. The Hall–Kier alpha value is 0.270. The Morgan fingerprint density at radius 2 is 2.25 bits per heavy atom. The minimum Gasteiger partial charge on any atom is -0.329 e. The summed E-state index contributed by atoms with van der Waals surface area (Å²) in [7, 11) is 0. The van der Waals surface area contributed by atoms with Gasteiger partial charge in [-0.05, 0) is 49.7 Å². The second kappa shape index (κ2) is 6.27. The van der Waals surface area contributed by atoms with E-state index in [0.717, 1.165) is 18.5 Å². The van der Waals surface area contributed by atoms with Gasteiger partial charge in [0.25, 0.3) is 0 Å². The maximum absolute atomic E-state index is 6.05. The predicted molar refractivity (Wildman–Crippen MR) is 72.9 cm³/mol. The predicted octanol–water partition coefficient (Wildman–Crippen LogP) is 2.33. The first-order valence-electron chi connectivity index (χ1n) is 6.90. The molecule has 3 atom stereocenters. The normalized spacial score (nSPS) is 34.1. The lowest BCUT2D eigenvalue weighted by Gasteiger charge is -2.43. The fourth-order valence-electron chi connectivity index (χ4n) is 3.35. The molecule has 16 heavy (non-hydrogen) atoms. The van der Waals surface area contributed by atoms with Gasteiger partial charge >= 0.3 is 0 Å². The molecular weight excluding hydrogens is 216 g/mol. The Bertz CT molecular complexity index is 202. The third-order valence-electron chi connectivity index (χ3n) is 4.32. The standard InChI is InChI=1S/C13H26N2S/c1-2-12-5-3-4-7-15(12)13(9-14)11-6-8-16-10-11/h11-13H,2-10,14H2,1H3. The maximum Gasteiger partial charge on any atom is 0.0257 e. The van der Waals surface area contributed by atoms with Crippen molar-refractivity contribution in [2.75, 3.05) is 24.6 Å². The zero-order valence-electron chi connectivity index (χ0n) is 10.5. The molecule has 2 nitrogen and oxygen atoms in total. The third-order valence-corrected chi connectivity index (χ3v) is 5.51. The van der Waals surface area contributed by atoms with Crippen molar-refractivity contribution in [3.8, 4) is 0 Å². The van der Waals surface area contributed by atoms with E-state index in [0.29, 0.717) is 6.04 Å². The molecule has 2 fully saturated rings. The van der Waals surface area contributed by atoms with Crippen LogP contribution < -0.4 is 5.73 Å². The number of hydrogen-bond acceptors (Lipinski definition) is 3. The first-order chi connectivity index (χ1) is 7.86. The summed E-state index contributed by atoms with van der Waals surface area (Å²) in [5.74, 6) is 3.56. The topological polar surface area (TPSA) is 29.3 Å². The van der Waals surface area contributed by atoms with Crippen molar-refractivity contribution >= 4 is 11.8 Å². The zero-order chi connectivity index (χ0) is 11.4. The van der Waals surface area contributed by atoms with Crippen LogP contribution in [0.3, 0.4) is 0 Å². The van der Waals surface area contributed by atoms with Gasteiger partial charge in [-0.15, -0.1) is 0 Å². The molecule has 2 saturated heterocycles. The summed E-state index contributed by atoms with van der Waals surface area (Å²) >= 11 is 2.12. The Morgan fingerprint density at radius 3 is 2.88 bits per heavy atom. The Balaban J connectivity index is 1.99. The second-order valence-corrected chi connectivity index (χ2v) is 6.37. The fraction of sp³-hybridized carbons (Fsp3) is 1.00. The second-order valence-electron chi connectivity index (χ2n) is 5.22. The molecule has 0 aromatic rings. The van der Waals surface area contributed by atoms with Crippen LogP contribution in [0.15, 0.2) is 0 Å².